The van der Waals surface area contributed by atoms with E-state index in [4.69, 9.17) is 14.2 Å². The van der Waals surface area contributed by atoms with Crippen molar-refractivity contribution in [1.29, 1.82) is 0 Å². The Bertz CT molecular complexity index is 1710. The summed E-state index contributed by atoms with van der Waals surface area (Å²) in [4.78, 5) is 53.5. The lowest BCUT2D eigenvalue weighted by Crippen LogP contribution is -2.55. The van der Waals surface area contributed by atoms with Gasteiger partial charge in [-0.2, -0.15) is 0 Å². The number of carbonyl (C=O) groups excluding carboxylic acids is 4. The summed E-state index contributed by atoms with van der Waals surface area (Å²) in [5.74, 6) is -4.11. The van der Waals surface area contributed by atoms with Crippen LogP contribution in [0.15, 0.2) is 18.2 Å². The molecule has 1 heterocycles. The molecule has 13 heteroatoms. The predicted molar refractivity (Wildman–Crippen MR) is 197 cm³/mol. The van der Waals surface area contributed by atoms with E-state index < -0.39 is 95.7 Å². The molecule has 3 aliphatic rings. The van der Waals surface area contributed by atoms with E-state index in [1.54, 1.807) is 6.92 Å². The Balaban J connectivity index is 1.31. The van der Waals surface area contributed by atoms with E-state index in [1.165, 1.54) is 70.3 Å². The largest absolute Gasteiger partial charge is 0.507 e. The first kappa shape index (κ1) is 41.3. The fourth-order valence-electron chi connectivity index (χ4n) is 8.09. The van der Waals surface area contributed by atoms with Crippen molar-refractivity contribution in [1.82, 2.24) is 5.32 Å². The van der Waals surface area contributed by atoms with Crippen LogP contribution in [0.2, 0.25) is 0 Å². The van der Waals surface area contributed by atoms with Crippen molar-refractivity contribution in [2.24, 2.45) is 0 Å². The number of amides is 1. The van der Waals surface area contributed by atoms with Crippen LogP contribution < -0.4 is 10.1 Å². The Hall–Kier alpha value is -3.88. The van der Waals surface area contributed by atoms with Crippen molar-refractivity contribution in [3.63, 3.8) is 0 Å². The number of hydrogen-bond acceptors (Lipinski definition) is 12. The number of Topliss-reactive ketones (excluding diaryl/α,β-unsaturated/α-hetero) is 1. The number of ether oxygens (including phenoxy) is 3. The lowest BCUT2D eigenvalue weighted by atomic mass is 9.72. The fourth-order valence-corrected chi connectivity index (χ4v) is 8.09. The molecule has 0 saturated carbocycles. The molecular formula is C41H55NO12. The van der Waals surface area contributed by atoms with Gasteiger partial charge in [0.15, 0.2) is 17.9 Å². The molecule has 1 aliphatic heterocycles. The standard InChI is InChI=1S/C41H55NO12/c1-4-5-6-7-8-9-10-11-12-13-14-18-30(45)42-26-19-31(53-23(2)36(26)46)54-28-21-41(51,29(44)22-43)20-25-33(28)40(50)35-34(38(25)48)37(47)24-16-15-17-27(52-3)32(24)39(35)49/h15-17,23,26,28,31,36,43,46,48,50-51H,4-14,18-22H2,1-3H3,(H,42,45)/t23-,26-,28-,31-,36+,41-/m0/s1. The highest BCUT2D eigenvalue weighted by atomic mass is 16.7. The molecule has 296 valence electrons. The van der Waals surface area contributed by atoms with Gasteiger partial charge in [0.1, 0.15) is 35.6 Å². The minimum Gasteiger partial charge on any atom is -0.507 e. The molecule has 0 spiro atoms. The Morgan fingerprint density at radius 3 is 2.19 bits per heavy atom. The summed E-state index contributed by atoms with van der Waals surface area (Å²) in [5, 5.41) is 58.4. The Kier molecular flexibility index (Phi) is 13.9. The Labute approximate surface area is 316 Å². The summed E-state index contributed by atoms with van der Waals surface area (Å²) in [6.07, 6.45) is 7.29. The summed E-state index contributed by atoms with van der Waals surface area (Å²) in [7, 11) is 1.33. The number of aromatic hydroxyl groups is 2. The van der Waals surface area contributed by atoms with Gasteiger partial charge in [-0.25, -0.2) is 0 Å². The number of fused-ring (bicyclic) bond motifs is 3. The zero-order valence-electron chi connectivity index (χ0n) is 31.5. The van der Waals surface area contributed by atoms with Crippen molar-refractivity contribution in [2.75, 3.05) is 13.7 Å². The van der Waals surface area contributed by atoms with E-state index in [9.17, 15) is 44.7 Å². The molecule has 2 aliphatic carbocycles. The lowest BCUT2D eigenvalue weighted by Gasteiger charge is -2.43. The minimum absolute atomic E-state index is 0.0482. The first-order valence-electron chi connectivity index (χ1n) is 19.4. The number of methoxy groups -OCH3 is 1. The summed E-state index contributed by atoms with van der Waals surface area (Å²) in [5.41, 5.74) is -3.79. The third-order valence-electron chi connectivity index (χ3n) is 11.1. The van der Waals surface area contributed by atoms with Gasteiger partial charge in [0, 0.05) is 42.4 Å². The van der Waals surface area contributed by atoms with Crippen LogP contribution >= 0.6 is 0 Å². The molecule has 6 N–H and O–H groups in total. The van der Waals surface area contributed by atoms with Crippen LogP contribution in [0.3, 0.4) is 0 Å². The van der Waals surface area contributed by atoms with Gasteiger partial charge in [-0.05, 0) is 19.4 Å². The molecule has 0 radical (unpaired) electrons. The van der Waals surface area contributed by atoms with Crippen molar-refractivity contribution >= 4 is 23.3 Å². The van der Waals surface area contributed by atoms with Gasteiger partial charge in [0.25, 0.3) is 0 Å². The second-order valence-corrected chi connectivity index (χ2v) is 15.0. The van der Waals surface area contributed by atoms with Crippen molar-refractivity contribution in [3.05, 3.63) is 51.6 Å². The second-order valence-electron chi connectivity index (χ2n) is 15.0. The normalized spacial score (nSPS) is 24.7. The zero-order chi connectivity index (χ0) is 39.2. The fraction of sp³-hybridized carbons (Fsp3) is 0.610. The SMILES string of the molecule is CCCCCCCCCCCCCC(=O)N[C@H]1C[C@H](O[C@H]2C[C@](O)(C(=O)CO)Cc3c(O)c4c(c(O)c32)C(=O)c2c(OC)cccc2C4=O)O[C@@H](C)[C@H]1O. The number of carbonyl (C=O) groups is 4. The number of phenolic OH excluding ortho intramolecular Hbond substituents is 2. The van der Waals surface area contributed by atoms with E-state index in [2.05, 4.69) is 12.2 Å². The van der Waals surface area contributed by atoms with Crippen LogP contribution in [-0.4, -0.2) is 92.6 Å². The third kappa shape index (κ3) is 8.65. The number of phenols is 2. The molecule has 13 nitrogen and oxygen atoms in total. The van der Waals surface area contributed by atoms with E-state index in [0.29, 0.717) is 6.42 Å². The minimum atomic E-state index is -2.30. The van der Waals surface area contributed by atoms with Crippen LogP contribution in [0.4, 0.5) is 0 Å². The monoisotopic (exact) mass is 753 g/mol. The van der Waals surface area contributed by atoms with Crippen LogP contribution in [-0.2, 0) is 25.5 Å². The highest BCUT2D eigenvalue weighted by Crippen LogP contribution is 2.52. The van der Waals surface area contributed by atoms with Crippen LogP contribution in [0.25, 0.3) is 0 Å². The number of aliphatic hydroxyl groups is 3. The maximum Gasteiger partial charge on any atom is 0.220 e. The lowest BCUT2D eigenvalue weighted by molar-refractivity contribution is -0.249. The Morgan fingerprint density at radius 2 is 1.56 bits per heavy atom. The summed E-state index contributed by atoms with van der Waals surface area (Å²) in [6, 6.07) is 3.59. The smallest absolute Gasteiger partial charge is 0.220 e. The quantitative estimate of drug-likeness (QED) is 0.0761. The molecule has 1 saturated heterocycles. The molecule has 54 heavy (non-hydrogen) atoms. The summed E-state index contributed by atoms with van der Waals surface area (Å²) < 4.78 is 17.5. The zero-order valence-corrected chi connectivity index (χ0v) is 31.5. The average molecular weight is 754 g/mol. The molecule has 1 fully saturated rings. The maximum atomic E-state index is 13.9. The Morgan fingerprint density at radius 1 is 0.926 bits per heavy atom. The van der Waals surface area contributed by atoms with Gasteiger partial charge in [0.05, 0.1) is 42.0 Å². The number of hydrogen-bond donors (Lipinski definition) is 6. The van der Waals surface area contributed by atoms with Gasteiger partial charge in [0.2, 0.25) is 11.7 Å². The highest BCUT2D eigenvalue weighted by Gasteiger charge is 2.50. The number of ketones is 3. The van der Waals surface area contributed by atoms with Gasteiger partial charge < -0.3 is 45.1 Å². The van der Waals surface area contributed by atoms with Gasteiger partial charge in [-0.15, -0.1) is 0 Å². The molecular weight excluding hydrogens is 698 g/mol. The van der Waals surface area contributed by atoms with Crippen molar-refractivity contribution in [2.45, 2.75) is 146 Å². The molecule has 0 bridgehead atoms. The predicted octanol–water partition coefficient (Wildman–Crippen LogP) is 4.86. The number of aliphatic hydroxyl groups excluding tert-OH is 2. The molecule has 1 amide bonds. The number of unbranched alkanes of at least 4 members (excludes halogenated alkanes) is 10. The maximum absolute atomic E-state index is 13.9. The van der Waals surface area contributed by atoms with Crippen LogP contribution in [0.1, 0.15) is 153 Å². The van der Waals surface area contributed by atoms with E-state index in [-0.39, 0.29) is 46.8 Å². The molecule has 0 aromatic heterocycles. The molecule has 6 atom stereocenters. The van der Waals surface area contributed by atoms with Gasteiger partial charge in [-0.1, -0.05) is 83.3 Å². The third-order valence-corrected chi connectivity index (χ3v) is 11.1. The molecule has 0 unspecified atom stereocenters. The molecule has 5 rings (SSSR count). The first-order valence-corrected chi connectivity index (χ1v) is 19.4. The summed E-state index contributed by atoms with van der Waals surface area (Å²) in [6.45, 7) is 2.76. The van der Waals surface area contributed by atoms with Crippen molar-refractivity contribution in [3.8, 4) is 17.2 Å². The number of rotatable bonds is 18. The van der Waals surface area contributed by atoms with Crippen LogP contribution in [0.5, 0.6) is 17.2 Å². The highest BCUT2D eigenvalue weighted by molar-refractivity contribution is 6.31. The van der Waals surface area contributed by atoms with E-state index in [1.807, 2.05) is 0 Å². The summed E-state index contributed by atoms with van der Waals surface area (Å²) >= 11 is 0. The van der Waals surface area contributed by atoms with E-state index >= 15 is 0 Å². The number of nitrogens with one attached hydrogen (secondary N) is 1. The van der Waals surface area contributed by atoms with Crippen molar-refractivity contribution < 1.29 is 58.9 Å². The number of benzene rings is 2. The van der Waals surface area contributed by atoms with Gasteiger partial charge >= 0.3 is 0 Å². The van der Waals surface area contributed by atoms with Crippen LogP contribution in [0, 0.1) is 0 Å². The topological polar surface area (TPSA) is 209 Å². The molecule has 2 aromatic rings. The second kappa shape index (κ2) is 18.2. The average Bonchev–Trinajstić information content (AvgIpc) is 3.15. The molecule has 2 aromatic carbocycles. The first-order chi connectivity index (χ1) is 25.9. The van der Waals surface area contributed by atoms with E-state index in [0.717, 1.165) is 19.3 Å². The van der Waals surface area contributed by atoms with Gasteiger partial charge in [-0.3, -0.25) is 19.2 Å².